The van der Waals surface area contributed by atoms with Crippen molar-refractivity contribution in [2.24, 2.45) is 5.92 Å². The topological polar surface area (TPSA) is 82.4 Å². The number of carbonyl (C=O) groups excluding carboxylic acids is 2. The molecule has 6 heteroatoms. The Labute approximate surface area is 126 Å². The number of unbranched alkanes of at least 4 members (excludes halogenated alkanes) is 2. The predicted molar refractivity (Wildman–Crippen MR) is 78.3 cm³/mol. The van der Waals surface area contributed by atoms with Gasteiger partial charge >= 0.3 is 0 Å². The number of amides is 2. The molecule has 0 spiro atoms. The summed E-state index contributed by atoms with van der Waals surface area (Å²) >= 11 is 0. The van der Waals surface area contributed by atoms with Gasteiger partial charge in [0.1, 0.15) is 6.54 Å². The van der Waals surface area contributed by atoms with Gasteiger partial charge in [-0.2, -0.15) is 5.26 Å². The molecule has 1 heterocycles. The second-order valence-corrected chi connectivity index (χ2v) is 5.27. The Bertz CT molecular complexity index is 373. The summed E-state index contributed by atoms with van der Waals surface area (Å²) < 4.78 is 5.23. The zero-order chi connectivity index (χ0) is 15.5. The lowest BCUT2D eigenvalue weighted by atomic mass is 9.96. The number of nitrogens with zero attached hydrogens (tertiary/aromatic N) is 2. The van der Waals surface area contributed by atoms with Gasteiger partial charge in [0.05, 0.1) is 19.3 Å². The standard InChI is InChI=1S/C15H25N3O3/c1-2-3-4-5-13(15(20)17-7-6-16)12-14(19)18-8-10-21-11-9-18/h13H,2-5,7-12H2,1H3,(H,17,20)/t13-/m1/s1. The fourth-order valence-corrected chi connectivity index (χ4v) is 2.39. The van der Waals surface area contributed by atoms with Crippen molar-refractivity contribution in [3.8, 4) is 6.07 Å². The van der Waals surface area contributed by atoms with Crippen LogP contribution in [0.15, 0.2) is 0 Å². The minimum Gasteiger partial charge on any atom is -0.378 e. The molecule has 118 valence electrons. The molecule has 1 aliphatic rings. The molecule has 6 nitrogen and oxygen atoms in total. The summed E-state index contributed by atoms with van der Waals surface area (Å²) in [7, 11) is 0. The molecule has 1 fully saturated rings. The van der Waals surface area contributed by atoms with Crippen LogP contribution in [0.5, 0.6) is 0 Å². The van der Waals surface area contributed by atoms with E-state index in [0.29, 0.717) is 32.7 Å². The second-order valence-electron chi connectivity index (χ2n) is 5.27. The molecule has 0 aromatic heterocycles. The minimum absolute atomic E-state index is 0.00510. The highest BCUT2D eigenvalue weighted by Crippen LogP contribution is 2.16. The smallest absolute Gasteiger partial charge is 0.224 e. The van der Waals surface area contributed by atoms with E-state index in [1.165, 1.54) is 0 Å². The van der Waals surface area contributed by atoms with E-state index in [-0.39, 0.29) is 30.7 Å². The summed E-state index contributed by atoms with van der Waals surface area (Å²) in [6, 6.07) is 1.89. The maximum absolute atomic E-state index is 12.2. The SMILES string of the molecule is CCCCC[C@H](CC(=O)N1CCOCC1)C(=O)NCC#N. The van der Waals surface area contributed by atoms with E-state index in [9.17, 15) is 9.59 Å². The summed E-state index contributed by atoms with van der Waals surface area (Å²) in [6.45, 7) is 4.42. The zero-order valence-corrected chi connectivity index (χ0v) is 12.8. The summed E-state index contributed by atoms with van der Waals surface area (Å²) in [5.41, 5.74) is 0. The largest absolute Gasteiger partial charge is 0.378 e. The monoisotopic (exact) mass is 295 g/mol. The van der Waals surface area contributed by atoms with Crippen LogP contribution in [0.3, 0.4) is 0 Å². The average molecular weight is 295 g/mol. The fraction of sp³-hybridized carbons (Fsp3) is 0.800. The number of rotatable bonds is 8. The molecular formula is C15H25N3O3. The highest BCUT2D eigenvalue weighted by atomic mass is 16.5. The van der Waals surface area contributed by atoms with Crippen molar-refractivity contribution < 1.29 is 14.3 Å². The van der Waals surface area contributed by atoms with Crippen LogP contribution in [0, 0.1) is 17.2 Å². The third kappa shape index (κ3) is 6.58. The normalized spacial score (nSPS) is 16.1. The fourth-order valence-electron chi connectivity index (χ4n) is 2.39. The Morgan fingerprint density at radius 2 is 2.05 bits per heavy atom. The lowest BCUT2D eigenvalue weighted by molar-refractivity contribution is -0.139. The first-order chi connectivity index (χ1) is 10.2. The molecule has 1 N–H and O–H groups in total. The van der Waals surface area contributed by atoms with Gasteiger partial charge in [0, 0.05) is 25.4 Å². The van der Waals surface area contributed by atoms with Gasteiger partial charge in [-0.15, -0.1) is 0 Å². The molecule has 21 heavy (non-hydrogen) atoms. The Balaban J connectivity index is 2.51. The Morgan fingerprint density at radius 1 is 1.33 bits per heavy atom. The molecule has 0 bridgehead atoms. The van der Waals surface area contributed by atoms with Crippen LogP contribution in [-0.2, 0) is 14.3 Å². The van der Waals surface area contributed by atoms with E-state index in [0.717, 1.165) is 19.3 Å². The van der Waals surface area contributed by atoms with Crippen LogP contribution in [0.1, 0.15) is 39.0 Å². The molecule has 2 amide bonds. The molecule has 0 radical (unpaired) electrons. The van der Waals surface area contributed by atoms with Gasteiger partial charge in [-0.1, -0.05) is 26.2 Å². The summed E-state index contributed by atoms with van der Waals surface area (Å²) in [5, 5.41) is 11.1. The molecule has 1 saturated heterocycles. The molecule has 0 aromatic rings. The third-order valence-electron chi connectivity index (χ3n) is 3.65. The average Bonchev–Trinajstić information content (AvgIpc) is 2.52. The van der Waals surface area contributed by atoms with Crippen LogP contribution in [0.25, 0.3) is 0 Å². The number of nitriles is 1. The van der Waals surface area contributed by atoms with Crippen molar-refractivity contribution in [2.75, 3.05) is 32.8 Å². The van der Waals surface area contributed by atoms with E-state index in [1.807, 2.05) is 6.07 Å². The zero-order valence-electron chi connectivity index (χ0n) is 12.8. The van der Waals surface area contributed by atoms with Crippen molar-refractivity contribution in [3.05, 3.63) is 0 Å². The lowest BCUT2D eigenvalue weighted by Gasteiger charge is -2.28. The van der Waals surface area contributed by atoms with E-state index < -0.39 is 0 Å². The highest BCUT2D eigenvalue weighted by molar-refractivity contribution is 5.85. The first-order valence-corrected chi connectivity index (χ1v) is 7.69. The first kappa shape index (κ1) is 17.4. The van der Waals surface area contributed by atoms with Crippen LogP contribution < -0.4 is 5.32 Å². The number of morpholine rings is 1. The van der Waals surface area contributed by atoms with Crippen LogP contribution in [0.2, 0.25) is 0 Å². The summed E-state index contributed by atoms with van der Waals surface area (Å²) in [4.78, 5) is 26.1. The van der Waals surface area contributed by atoms with Crippen LogP contribution in [-0.4, -0.2) is 49.6 Å². The van der Waals surface area contributed by atoms with Crippen molar-refractivity contribution in [3.63, 3.8) is 0 Å². The Hall–Kier alpha value is -1.61. The molecular weight excluding hydrogens is 270 g/mol. The van der Waals surface area contributed by atoms with Gasteiger partial charge in [-0.3, -0.25) is 9.59 Å². The minimum atomic E-state index is -0.333. The van der Waals surface area contributed by atoms with Gasteiger partial charge in [0.2, 0.25) is 11.8 Å². The number of hydrogen-bond donors (Lipinski definition) is 1. The number of nitrogens with one attached hydrogen (secondary N) is 1. The van der Waals surface area contributed by atoms with E-state index in [2.05, 4.69) is 12.2 Å². The van der Waals surface area contributed by atoms with Crippen LogP contribution >= 0.6 is 0 Å². The molecule has 1 atom stereocenters. The van der Waals surface area contributed by atoms with Gasteiger partial charge < -0.3 is 15.0 Å². The molecule has 0 aliphatic carbocycles. The van der Waals surface area contributed by atoms with E-state index >= 15 is 0 Å². The van der Waals surface area contributed by atoms with E-state index in [4.69, 9.17) is 10.00 Å². The van der Waals surface area contributed by atoms with E-state index in [1.54, 1.807) is 4.90 Å². The number of carbonyl (C=O) groups is 2. The molecule has 1 aliphatic heterocycles. The van der Waals surface area contributed by atoms with Crippen molar-refractivity contribution in [1.82, 2.24) is 10.2 Å². The van der Waals surface area contributed by atoms with Gasteiger partial charge in [0.15, 0.2) is 0 Å². The van der Waals surface area contributed by atoms with Crippen molar-refractivity contribution in [1.29, 1.82) is 5.26 Å². The third-order valence-corrected chi connectivity index (χ3v) is 3.65. The maximum Gasteiger partial charge on any atom is 0.224 e. The predicted octanol–water partition coefficient (Wildman–Crippen LogP) is 1.07. The van der Waals surface area contributed by atoms with Gasteiger partial charge in [0.25, 0.3) is 0 Å². The first-order valence-electron chi connectivity index (χ1n) is 7.69. The number of hydrogen-bond acceptors (Lipinski definition) is 4. The molecule has 0 saturated carbocycles. The lowest BCUT2D eigenvalue weighted by Crippen LogP contribution is -2.43. The maximum atomic E-state index is 12.2. The van der Waals surface area contributed by atoms with Crippen molar-refractivity contribution >= 4 is 11.8 Å². The second kappa shape index (κ2) is 10.2. The quantitative estimate of drug-likeness (QED) is 0.536. The molecule has 1 rings (SSSR count). The molecule has 0 unspecified atom stereocenters. The highest BCUT2D eigenvalue weighted by Gasteiger charge is 2.25. The summed E-state index contributed by atoms with van der Waals surface area (Å²) in [6.07, 6.45) is 3.97. The van der Waals surface area contributed by atoms with Crippen molar-refractivity contribution in [2.45, 2.75) is 39.0 Å². The summed E-state index contributed by atoms with van der Waals surface area (Å²) in [5.74, 6) is -0.513. The Morgan fingerprint density at radius 3 is 2.67 bits per heavy atom. The van der Waals surface area contributed by atoms with Crippen LogP contribution in [0.4, 0.5) is 0 Å². The Kier molecular flexibility index (Phi) is 8.44. The number of ether oxygens (including phenoxy) is 1. The van der Waals surface area contributed by atoms with Gasteiger partial charge in [-0.25, -0.2) is 0 Å². The van der Waals surface area contributed by atoms with Gasteiger partial charge in [-0.05, 0) is 6.42 Å². The molecule has 0 aromatic carbocycles.